The predicted molar refractivity (Wildman–Crippen MR) is 91.5 cm³/mol. The van der Waals surface area contributed by atoms with Crippen LogP contribution < -0.4 is 0 Å². The molecule has 2 aliphatic rings. The van der Waals surface area contributed by atoms with Gasteiger partial charge in [0.05, 0.1) is 7.14 Å². The minimum Gasteiger partial charge on any atom is -0.323 e. The second kappa shape index (κ2) is 7.14. The van der Waals surface area contributed by atoms with Crippen LogP contribution in [0.15, 0.2) is 30.3 Å². The monoisotopic (exact) mass is 304 g/mol. The molecule has 0 aromatic heterocycles. The van der Waals surface area contributed by atoms with Gasteiger partial charge < -0.3 is 4.57 Å². The standard InChI is InChI=1S/C19H29OP/c20-21(18-12-6-2-7-13-18,19-14-8-3-9-15-19)16-17-10-4-1-5-11-17/h1,4-5,10-11,18-19H,2-3,6-9,12-16H2. The van der Waals surface area contributed by atoms with E-state index in [-0.39, 0.29) is 0 Å². The van der Waals surface area contributed by atoms with Gasteiger partial charge >= 0.3 is 0 Å². The van der Waals surface area contributed by atoms with E-state index in [4.69, 9.17) is 0 Å². The van der Waals surface area contributed by atoms with E-state index in [0.717, 1.165) is 6.16 Å². The molecule has 0 bridgehead atoms. The van der Waals surface area contributed by atoms with Crippen LogP contribution in [0.5, 0.6) is 0 Å². The summed E-state index contributed by atoms with van der Waals surface area (Å²) in [5.74, 6) is 0. The third-order valence-electron chi connectivity index (χ3n) is 5.66. The van der Waals surface area contributed by atoms with Crippen molar-refractivity contribution in [1.82, 2.24) is 0 Å². The highest BCUT2D eigenvalue weighted by Crippen LogP contribution is 2.64. The summed E-state index contributed by atoms with van der Waals surface area (Å²) in [6.45, 7) is 0. The Morgan fingerprint density at radius 1 is 0.762 bits per heavy atom. The summed E-state index contributed by atoms with van der Waals surface area (Å²) in [7, 11) is -2.09. The zero-order chi connectivity index (χ0) is 14.5. The topological polar surface area (TPSA) is 17.1 Å². The lowest BCUT2D eigenvalue weighted by atomic mass is 9.99. The quantitative estimate of drug-likeness (QED) is 0.604. The van der Waals surface area contributed by atoms with E-state index in [1.807, 2.05) is 0 Å². The largest absolute Gasteiger partial charge is 0.323 e. The number of rotatable bonds is 4. The third-order valence-corrected chi connectivity index (χ3v) is 10.0. The first-order valence-corrected chi connectivity index (χ1v) is 10.9. The summed E-state index contributed by atoms with van der Waals surface area (Å²) < 4.78 is 14.1. The number of hydrogen-bond acceptors (Lipinski definition) is 1. The zero-order valence-electron chi connectivity index (χ0n) is 13.2. The third kappa shape index (κ3) is 3.62. The van der Waals surface area contributed by atoms with E-state index in [2.05, 4.69) is 30.3 Å². The van der Waals surface area contributed by atoms with Crippen LogP contribution in [0.25, 0.3) is 0 Å². The fourth-order valence-electron chi connectivity index (χ4n) is 4.46. The first-order chi connectivity index (χ1) is 10.3. The van der Waals surface area contributed by atoms with Crippen molar-refractivity contribution in [2.24, 2.45) is 0 Å². The van der Waals surface area contributed by atoms with Crippen LogP contribution in [0.3, 0.4) is 0 Å². The van der Waals surface area contributed by atoms with Crippen molar-refractivity contribution in [3.8, 4) is 0 Å². The summed E-state index contributed by atoms with van der Waals surface area (Å²) in [6, 6.07) is 10.6. The van der Waals surface area contributed by atoms with Crippen molar-refractivity contribution in [2.45, 2.75) is 81.7 Å². The molecular formula is C19H29OP. The Labute approximate surface area is 129 Å². The van der Waals surface area contributed by atoms with Crippen molar-refractivity contribution in [1.29, 1.82) is 0 Å². The van der Waals surface area contributed by atoms with Gasteiger partial charge in [0.1, 0.15) is 0 Å². The van der Waals surface area contributed by atoms with Gasteiger partial charge in [-0.3, -0.25) is 0 Å². The van der Waals surface area contributed by atoms with E-state index >= 15 is 0 Å². The highest BCUT2D eigenvalue weighted by Gasteiger charge is 2.40. The summed E-state index contributed by atoms with van der Waals surface area (Å²) in [6.07, 6.45) is 13.7. The highest BCUT2D eigenvalue weighted by molar-refractivity contribution is 7.64. The second-order valence-corrected chi connectivity index (χ2v) is 10.6. The molecule has 0 atom stereocenters. The van der Waals surface area contributed by atoms with E-state index in [1.165, 1.54) is 69.8 Å². The lowest BCUT2D eigenvalue weighted by Gasteiger charge is -2.38. The summed E-state index contributed by atoms with van der Waals surface area (Å²) in [5, 5.41) is 0. The molecule has 0 spiro atoms. The number of benzene rings is 1. The van der Waals surface area contributed by atoms with Gasteiger partial charge in [0.25, 0.3) is 0 Å². The molecule has 0 amide bonds. The normalized spacial score (nSPS) is 22.3. The maximum Gasteiger partial charge on any atom is 0.0977 e. The number of hydrogen-bond donors (Lipinski definition) is 0. The van der Waals surface area contributed by atoms with Gasteiger partial charge in [0.15, 0.2) is 0 Å². The molecule has 1 nitrogen and oxygen atoms in total. The summed E-state index contributed by atoms with van der Waals surface area (Å²) in [5.41, 5.74) is 2.35. The molecule has 116 valence electrons. The van der Waals surface area contributed by atoms with Crippen LogP contribution >= 0.6 is 7.14 Å². The van der Waals surface area contributed by atoms with Crippen LogP contribution in [0.2, 0.25) is 0 Å². The molecule has 0 radical (unpaired) electrons. The van der Waals surface area contributed by atoms with Gasteiger partial charge in [-0.1, -0.05) is 68.9 Å². The van der Waals surface area contributed by atoms with Crippen LogP contribution in [-0.2, 0) is 10.7 Å². The fourth-order valence-corrected chi connectivity index (χ4v) is 8.83. The Morgan fingerprint density at radius 3 is 1.71 bits per heavy atom. The molecule has 2 saturated carbocycles. The van der Waals surface area contributed by atoms with Gasteiger partial charge in [0.2, 0.25) is 0 Å². The highest BCUT2D eigenvalue weighted by atomic mass is 31.2. The van der Waals surface area contributed by atoms with E-state index in [0.29, 0.717) is 11.3 Å². The van der Waals surface area contributed by atoms with Gasteiger partial charge in [-0.15, -0.1) is 0 Å². The second-order valence-electron chi connectivity index (χ2n) is 7.08. The van der Waals surface area contributed by atoms with Crippen LogP contribution in [0, 0.1) is 0 Å². The molecule has 1 aromatic carbocycles. The molecule has 0 aliphatic heterocycles. The average Bonchev–Trinajstić information content (AvgIpc) is 2.57. The Morgan fingerprint density at radius 2 is 1.24 bits per heavy atom. The van der Waals surface area contributed by atoms with Gasteiger partial charge in [-0.25, -0.2) is 0 Å². The van der Waals surface area contributed by atoms with Gasteiger partial charge in [0, 0.05) is 17.5 Å². The maximum atomic E-state index is 14.1. The Bertz CT molecular complexity index is 448. The molecule has 2 fully saturated rings. The molecule has 1 aromatic rings. The predicted octanol–water partition coefficient (Wildman–Crippen LogP) is 6.22. The van der Waals surface area contributed by atoms with Crippen LogP contribution in [0.1, 0.15) is 69.8 Å². The smallest absolute Gasteiger partial charge is 0.0977 e. The first kappa shape index (κ1) is 15.3. The molecule has 21 heavy (non-hydrogen) atoms. The average molecular weight is 304 g/mol. The molecule has 2 aliphatic carbocycles. The van der Waals surface area contributed by atoms with Gasteiger partial charge in [-0.05, 0) is 31.2 Å². The fraction of sp³-hybridized carbons (Fsp3) is 0.684. The lowest BCUT2D eigenvalue weighted by Crippen LogP contribution is -2.24. The van der Waals surface area contributed by atoms with Crippen molar-refractivity contribution in [3.63, 3.8) is 0 Å². The zero-order valence-corrected chi connectivity index (χ0v) is 14.1. The molecule has 0 unspecified atom stereocenters. The van der Waals surface area contributed by atoms with Crippen molar-refractivity contribution >= 4 is 7.14 Å². The van der Waals surface area contributed by atoms with E-state index < -0.39 is 7.14 Å². The molecule has 3 rings (SSSR count). The van der Waals surface area contributed by atoms with Crippen LogP contribution in [0.4, 0.5) is 0 Å². The minimum atomic E-state index is -2.09. The summed E-state index contributed by atoms with van der Waals surface area (Å²) in [4.78, 5) is 0. The Hall–Kier alpha value is -0.550. The molecule has 0 saturated heterocycles. The molecular weight excluding hydrogens is 275 g/mol. The summed E-state index contributed by atoms with van der Waals surface area (Å²) >= 11 is 0. The maximum absolute atomic E-state index is 14.1. The molecule has 0 heterocycles. The SMILES string of the molecule is O=P(Cc1ccccc1)(C1CCCCC1)C1CCCCC1. The Balaban J connectivity index is 1.83. The lowest BCUT2D eigenvalue weighted by molar-refractivity contribution is 0.446. The first-order valence-electron chi connectivity index (χ1n) is 8.91. The van der Waals surface area contributed by atoms with Gasteiger partial charge in [-0.2, -0.15) is 0 Å². The van der Waals surface area contributed by atoms with Crippen LogP contribution in [-0.4, -0.2) is 11.3 Å². The van der Waals surface area contributed by atoms with Crippen molar-refractivity contribution < 1.29 is 4.57 Å². The Kier molecular flexibility index (Phi) is 5.22. The van der Waals surface area contributed by atoms with Crippen molar-refractivity contribution in [3.05, 3.63) is 35.9 Å². The van der Waals surface area contributed by atoms with E-state index in [1.54, 1.807) is 0 Å². The molecule has 0 N–H and O–H groups in total. The molecule has 2 heteroatoms. The minimum absolute atomic E-state index is 0.523. The van der Waals surface area contributed by atoms with E-state index in [9.17, 15) is 4.57 Å². The van der Waals surface area contributed by atoms with Crippen molar-refractivity contribution in [2.75, 3.05) is 0 Å².